The molecule has 0 saturated heterocycles. The Kier molecular flexibility index (Phi) is 37.2. The van der Waals surface area contributed by atoms with Crippen molar-refractivity contribution in [3.05, 3.63) is 48.6 Å². The molecule has 0 spiro atoms. The van der Waals surface area contributed by atoms with Gasteiger partial charge in [-0.25, -0.2) is 4.57 Å². The van der Waals surface area contributed by atoms with E-state index in [1.54, 1.807) is 0 Å². The van der Waals surface area contributed by atoms with Crippen LogP contribution in [0.2, 0.25) is 0 Å². The molecule has 0 aromatic heterocycles. The molecule has 0 amide bonds. The van der Waals surface area contributed by atoms with Crippen LogP contribution in [0.1, 0.15) is 194 Å². The van der Waals surface area contributed by atoms with Gasteiger partial charge in [0, 0.05) is 12.8 Å². The van der Waals surface area contributed by atoms with E-state index in [4.69, 9.17) is 19.3 Å². The molecule has 0 heterocycles. The lowest BCUT2D eigenvalue weighted by atomic mass is 10.1. The lowest BCUT2D eigenvalue weighted by Gasteiger charge is -2.18. The first-order valence-corrected chi connectivity index (χ1v) is 22.5. The van der Waals surface area contributed by atoms with Gasteiger partial charge < -0.3 is 19.3 Å². The topological polar surface area (TPSA) is 119 Å². The first kappa shape index (κ1) is 50.0. The molecular weight excluding hydrogens is 675 g/mol. The van der Waals surface area contributed by atoms with E-state index in [0.717, 1.165) is 57.8 Å². The van der Waals surface area contributed by atoms with Gasteiger partial charge in [-0.05, 0) is 77.0 Å². The molecule has 0 rings (SSSR count). The molecule has 2 N–H and O–H groups in total. The van der Waals surface area contributed by atoms with Crippen LogP contribution in [-0.2, 0) is 28.2 Å². The monoisotopic (exact) mass is 753 g/mol. The lowest BCUT2D eigenvalue weighted by molar-refractivity contribution is -0.161. The molecule has 0 bridgehead atoms. The minimum atomic E-state index is -4.76. The normalized spacial score (nSPS) is 12.9. The van der Waals surface area contributed by atoms with Gasteiger partial charge in [0.1, 0.15) is 6.61 Å². The first-order valence-electron chi connectivity index (χ1n) is 20.9. The van der Waals surface area contributed by atoms with Crippen LogP contribution in [0.25, 0.3) is 0 Å². The number of ether oxygens (including phenoxy) is 2. The summed E-state index contributed by atoms with van der Waals surface area (Å²) >= 11 is 0. The average Bonchev–Trinajstić information content (AvgIpc) is 3.11. The highest BCUT2D eigenvalue weighted by Crippen LogP contribution is 2.36. The predicted molar refractivity (Wildman–Crippen MR) is 216 cm³/mol. The fourth-order valence-corrected chi connectivity index (χ4v) is 6.03. The molecule has 0 aliphatic rings. The van der Waals surface area contributed by atoms with Gasteiger partial charge in [0.15, 0.2) is 6.10 Å². The largest absolute Gasteiger partial charge is 0.469 e. The van der Waals surface area contributed by atoms with Gasteiger partial charge in [-0.3, -0.25) is 14.1 Å². The maximum absolute atomic E-state index is 12.4. The third-order valence-electron chi connectivity index (χ3n) is 8.82. The van der Waals surface area contributed by atoms with Crippen molar-refractivity contribution in [1.29, 1.82) is 0 Å². The summed E-state index contributed by atoms with van der Waals surface area (Å²) in [5.74, 6) is -0.934. The smallest absolute Gasteiger partial charge is 0.462 e. The van der Waals surface area contributed by atoms with Crippen molar-refractivity contribution < 1.29 is 37.9 Å². The van der Waals surface area contributed by atoms with E-state index in [-0.39, 0.29) is 19.4 Å². The Morgan fingerprint density at radius 2 is 0.865 bits per heavy atom. The molecule has 0 aromatic rings. The van der Waals surface area contributed by atoms with Crippen LogP contribution in [0.4, 0.5) is 0 Å². The highest BCUT2D eigenvalue weighted by atomic mass is 31.2. The summed E-state index contributed by atoms with van der Waals surface area (Å²) < 4.78 is 26.3. The molecule has 0 aliphatic carbocycles. The van der Waals surface area contributed by atoms with Gasteiger partial charge in [0.2, 0.25) is 0 Å². The molecule has 0 unspecified atom stereocenters. The highest BCUT2D eigenvalue weighted by molar-refractivity contribution is 7.46. The number of phosphoric acid groups is 1. The molecule has 0 aromatic carbocycles. The molecule has 0 saturated carbocycles. The fraction of sp³-hybridized carbons (Fsp3) is 0.767. The Morgan fingerprint density at radius 1 is 0.500 bits per heavy atom. The maximum atomic E-state index is 12.4. The molecule has 0 fully saturated rings. The van der Waals surface area contributed by atoms with Crippen LogP contribution in [0.15, 0.2) is 48.6 Å². The number of phosphoric ester groups is 1. The quantitative estimate of drug-likeness (QED) is 0.0277. The van der Waals surface area contributed by atoms with Crippen LogP contribution in [0.5, 0.6) is 0 Å². The van der Waals surface area contributed by atoms with Gasteiger partial charge in [-0.2, -0.15) is 0 Å². The second-order valence-corrected chi connectivity index (χ2v) is 15.2. The summed E-state index contributed by atoms with van der Waals surface area (Å²) in [6.45, 7) is 3.62. The number of esters is 2. The third-order valence-corrected chi connectivity index (χ3v) is 9.31. The summed E-state index contributed by atoms with van der Waals surface area (Å²) in [6, 6.07) is 0. The van der Waals surface area contributed by atoms with Crippen molar-refractivity contribution in [3.63, 3.8) is 0 Å². The van der Waals surface area contributed by atoms with Crippen LogP contribution < -0.4 is 0 Å². The summed E-state index contributed by atoms with van der Waals surface area (Å²) in [6.07, 6.45) is 46.9. The third kappa shape index (κ3) is 40.8. The number of allylic oxidation sites excluding steroid dienone is 8. The molecule has 52 heavy (non-hydrogen) atoms. The highest BCUT2D eigenvalue weighted by Gasteiger charge is 2.22. The van der Waals surface area contributed by atoms with Crippen LogP contribution in [0, 0.1) is 0 Å². The molecule has 0 aliphatic heterocycles. The van der Waals surface area contributed by atoms with Crippen LogP contribution in [-0.4, -0.2) is 41.0 Å². The summed E-state index contributed by atoms with van der Waals surface area (Å²) in [5.41, 5.74) is 0. The second kappa shape index (κ2) is 38.7. The Morgan fingerprint density at radius 3 is 1.38 bits per heavy atom. The summed E-state index contributed by atoms with van der Waals surface area (Å²) in [4.78, 5) is 42.8. The number of rotatable bonds is 38. The van der Waals surface area contributed by atoms with Crippen molar-refractivity contribution in [1.82, 2.24) is 0 Å². The zero-order valence-corrected chi connectivity index (χ0v) is 34.1. The molecule has 0 radical (unpaired) electrons. The Hall–Kier alpha value is -1.99. The van der Waals surface area contributed by atoms with Gasteiger partial charge >= 0.3 is 19.8 Å². The first-order chi connectivity index (χ1) is 25.3. The van der Waals surface area contributed by atoms with E-state index in [9.17, 15) is 14.2 Å². The van der Waals surface area contributed by atoms with Crippen molar-refractivity contribution in [2.75, 3.05) is 13.2 Å². The number of unbranched alkanes of at least 4 members (excludes halogenated alkanes) is 20. The van der Waals surface area contributed by atoms with Crippen LogP contribution >= 0.6 is 7.82 Å². The van der Waals surface area contributed by atoms with Gasteiger partial charge in [0.25, 0.3) is 0 Å². The van der Waals surface area contributed by atoms with E-state index in [2.05, 4.69) is 67.0 Å². The van der Waals surface area contributed by atoms with Crippen molar-refractivity contribution in [3.8, 4) is 0 Å². The van der Waals surface area contributed by atoms with Gasteiger partial charge in [-0.1, -0.05) is 152 Å². The predicted octanol–water partition coefficient (Wildman–Crippen LogP) is 12.7. The zero-order valence-electron chi connectivity index (χ0n) is 33.2. The summed E-state index contributed by atoms with van der Waals surface area (Å²) in [7, 11) is -4.76. The Bertz CT molecular complexity index is 984. The Labute approximate surface area is 318 Å². The van der Waals surface area contributed by atoms with E-state index in [1.165, 1.54) is 96.3 Å². The average molecular weight is 753 g/mol. The van der Waals surface area contributed by atoms with Crippen LogP contribution in [0.3, 0.4) is 0 Å². The number of carbonyl (C=O) groups is 2. The van der Waals surface area contributed by atoms with E-state index in [0.29, 0.717) is 12.8 Å². The van der Waals surface area contributed by atoms with E-state index < -0.39 is 32.5 Å². The van der Waals surface area contributed by atoms with Crippen molar-refractivity contribution >= 4 is 19.8 Å². The van der Waals surface area contributed by atoms with Crippen molar-refractivity contribution in [2.45, 2.75) is 200 Å². The standard InChI is InChI=1S/C43H77O8P/c1-3-5-7-9-11-13-15-17-19-20-21-22-24-25-27-29-31-33-35-37-42(44)49-39-41(40-50-52(46,47)48)51-43(45)38-36-34-32-30-28-26-23-18-16-14-12-10-8-6-4-2/h12,14,18,20-21,23,28,30,41H,3-11,13,15-17,19,22,24-27,29,31-40H2,1-2H3,(H2,46,47,48)/b14-12-,21-20-,23-18-,30-28-/t41-/m1/s1. The van der Waals surface area contributed by atoms with E-state index >= 15 is 0 Å². The number of hydrogen-bond acceptors (Lipinski definition) is 6. The maximum Gasteiger partial charge on any atom is 0.469 e. The second-order valence-electron chi connectivity index (χ2n) is 14.0. The van der Waals surface area contributed by atoms with Crippen molar-refractivity contribution in [2.24, 2.45) is 0 Å². The fourth-order valence-electron chi connectivity index (χ4n) is 5.67. The summed E-state index contributed by atoms with van der Waals surface area (Å²) in [5, 5.41) is 0. The van der Waals surface area contributed by atoms with Gasteiger partial charge in [-0.15, -0.1) is 0 Å². The SMILES string of the molecule is CCCCC/C=C\C/C=C\C/C=C\CCCCC(=O)O[C@H](COC(=O)CCCCCCCCC/C=C\CCCCCCCCCC)COP(=O)(O)O. The Balaban J connectivity index is 3.97. The number of carbonyl (C=O) groups excluding carboxylic acids is 2. The minimum Gasteiger partial charge on any atom is -0.462 e. The lowest BCUT2D eigenvalue weighted by Crippen LogP contribution is -2.29. The van der Waals surface area contributed by atoms with Gasteiger partial charge in [0.05, 0.1) is 6.61 Å². The molecular formula is C43H77O8P. The van der Waals surface area contributed by atoms with E-state index in [1.807, 2.05) is 0 Å². The number of hydrogen-bond donors (Lipinski definition) is 2. The molecule has 1 atom stereocenters. The minimum absolute atomic E-state index is 0.161. The molecule has 9 heteroatoms. The molecule has 302 valence electrons. The molecule has 8 nitrogen and oxygen atoms in total. The zero-order chi connectivity index (χ0) is 38.2.